The van der Waals surface area contributed by atoms with Gasteiger partial charge in [0.05, 0.1) is 6.67 Å². The van der Waals surface area contributed by atoms with Crippen molar-refractivity contribution in [2.24, 2.45) is 5.92 Å². The standard InChI is InChI=1S/C22H36N2.Ru/c1-17(2)20-11-8-12-21(18(3)4)22(20)24-14-13-23(16-24)15-19-9-6-5-7-10-19;/h8,11-12,17-19H,5-7,9-10,13-16H2,1-4H3;. The second-order valence-electron chi connectivity index (χ2n) is 8.58. The zero-order valence-electron chi connectivity index (χ0n) is 16.6. The molecule has 0 unspecified atom stereocenters. The number of para-hydroxylation sites is 1. The van der Waals surface area contributed by atoms with Crippen LogP contribution < -0.4 is 4.90 Å². The average molecular weight is 430 g/mol. The van der Waals surface area contributed by atoms with Crippen LogP contribution in [-0.2, 0) is 19.5 Å². The molecule has 1 saturated carbocycles. The van der Waals surface area contributed by atoms with Crippen molar-refractivity contribution in [1.29, 1.82) is 0 Å². The molecule has 3 heteroatoms. The molecule has 142 valence electrons. The van der Waals surface area contributed by atoms with Crippen LogP contribution in [0.1, 0.15) is 82.8 Å². The minimum absolute atomic E-state index is 0. The van der Waals surface area contributed by atoms with E-state index >= 15 is 0 Å². The Bertz CT molecular complexity index is 509. The quantitative estimate of drug-likeness (QED) is 0.563. The predicted octanol–water partition coefficient (Wildman–Crippen LogP) is 5.59. The first-order chi connectivity index (χ1) is 11.6. The van der Waals surface area contributed by atoms with Crippen LogP contribution in [0.3, 0.4) is 0 Å². The number of anilines is 1. The molecule has 1 saturated heterocycles. The van der Waals surface area contributed by atoms with Crippen LogP contribution in [0.2, 0.25) is 0 Å². The van der Waals surface area contributed by atoms with Crippen molar-refractivity contribution in [3.8, 4) is 0 Å². The maximum Gasteiger partial charge on any atom is 0.0708 e. The summed E-state index contributed by atoms with van der Waals surface area (Å²) in [6.07, 6.45) is 7.28. The summed E-state index contributed by atoms with van der Waals surface area (Å²) < 4.78 is 0. The van der Waals surface area contributed by atoms with E-state index in [9.17, 15) is 0 Å². The Labute approximate surface area is 168 Å². The van der Waals surface area contributed by atoms with Crippen LogP contribution in [-0.4, -0.2) is 31.2 Å². The largest absolute Gasteiger partial charge is 0.357 e. The first-order valence-corrected chi connectivity index (χ1v) is 10.2. The number of hydrogen-bond acceptors (Lipinski definition) is 2. The Morgan fingerprint density at radius 3 is 2.08 bits per heavy atom. The first-order valence-electron chi connectivity index (χ1n) is 10.2. The van der Waals surface area contributed by atoms with Gasteiger partial charge in [0.1, 0.15) is 0 Å². The van der Waals surface area contributed by atoms with Gasteiger partial charge in [0.15, 0.2) is 0 Å². The van der Waals surface area contributed by atoms with E-state index in [2.05, 4.69) is 55.7 Å². The summed E-state index contributed by atoms with van der Waals surface area (Å²) in [5.74, 6) is 2.13. The van der Waals surface area contributed by atoms with Crippen LogP contribution in [0.25, 0.3) is 0 Å². The molecule has 2 fully saturated rings. The van der Waals surface area contributed by atoms with Crippen LogP contribution in [0.5, 0.6) is 0 Å². The zero-order valence-corrected chi connectivity index (χ0v) is 18.3. The van der Waals surface area contributed by atoms with Gasteiger partial charge in [-0.15, -0.1) is 0 Å². The second kappa shape index (κ2) is 9.51. The molecule has 0 N–H and O–H groups in total. The molecule has 0 atom stereocenters. The van der Waals surface area contributed by atoms with Gasteiger partial charge in [-0.1, -0.05) is 65.2 Å². The van der Waals surface area contributed by atoms with Crippen molar-refractivity contribution < 1.29 is 19.5 Å². The summed E-state index contributed by atoms with van der Waals surface area (Å²) in [7, 11) is 0. The van der Waals surface area contributed by atoms with Gasteiger partial charge in [-0.2, -0.15) is 0 Å². The van der Waals surface area contributed by atoms with Crippen molar-refractivity contribution in [3.05, 3.63) is 29.3 Å². The Morgan fingerprint density at radius 1 is 0.920 bits per heavy atom. The molecule has 1 aromatic rings. The molecule has 0 spiro atoms. The molecule has 2 aliphatic rings. The molecule has 0 bridgehead atoms. The molecule has 1 aliphatic carbocycles. The van der Waals surface area contributed by atoms with Gasteiger partial charge in [0.25, 0.3) is 0 Å². The minimum Gasteiger partial charge on any atom is -0.357 e. The van der Waals surface area contributed by atoms with Gasteiger partial charge in [-0.3, -0.25) is 4.90 Å². The second-order valence-corrected chi connectivity index (χ2v) is 8.58. The van der Waals surface area contributed by atoms with E-state index in [1.165, 1.54) is 68.6 Å². The zero-order chi connectivity index (χ0) is 17.1. The number of nitrogens with zero attached hydrogens (tertiary/aromatic N) is 2. The number of hydrogen-bond donors (Lipinski definition) is 0. The molecule has 0 radical (unpaired) electrons. The molecule has 1 aromatic carbocycles. The summed E-state index contributed by atoms with van der Waals surface area (Å²) in [5.41, 5.74) is 4.59. The van der Waals surface area contributed by atoms with Crippen molar-refractivity contribution in [2.75, 3.05) is 31.2 Å². The Kier molecular flexibility index (Phi) is 7.96. The Hall–Kier alpha value is -0.397. The van der Waals surface area contributed by atoms with Gasteiger partial charge in [-0.25, -0.2) is 0 Å². The van der Waals surface area contributed by atoms with Crippen molar-refractivity contribution >= 4 is 5.69 Å². The average Bonchev–Trinajstić information content (AvgIpc) is 3.03. The minimum atomic E-state index is 0. The third-order valence-corrected chi connectivity index (χ3v) is 5.96. The molecular formula is C22H36N2Ru. The molecule has 1 heterocycles. The SMILES string of the molecule is CC(C)c1cccc(C(C)C)c1N1CCN(CC2CCCCC2)C1.[Ru]. The van der Waals surface area contributed by atoms with E-state index in [0.29, 0.717) is 11.8 Å². The predicted molar refractivity (Wildman–Crippen MR) is 105 cm³/mol. The van der Waals surface area contributed by atoms with Gasteiger partial charge in [0.2, 0.25) is 0 Å². The topological polar surface area (TPSA) is 6.48 Å². The smallest absolute Gasteiger partial charge is 0.0708 e. The maximum absolute atomic E-state index is 2.71. The summed E-state index contributed by atoms with van der Waals surface area (Å²) in [6.45, 7) is 14.2. The monoisotopic (exact) mass is 430 g/mol. The molecular weight excluding hydrogens is 393 g/mol. The molecule has 25 heavy (non-hydrogen) atoms. The fourth-order valence-electron chi connectivity index (χ4n) is 4.59. The molecule has 3 rings (SSSR count). The summed E-state index contributed by atoms with van der Waals surface area (Å²) in [6, 6.07) is 6.94. The van der Waals surface area contributed by atoms with Crippen molar-refractivity contribution in [1.82, 2.24) is 4.90 Å². The van der Waals surface area contributed by atoms with E-state index in [1.807, 2.05) is 0 Å². The molecule has 0 amide bonds. The Balaban J connectivity index is 0.00000225. The number of benzene rings is 1. The van der Waals surface area contributed by atoms with Crippen LogP contribution in [0, 0.1) is 5.92 Å². The van der Waals surface area contributed by atoms with Crippen LogP contribution >= 0.6 is 0 Å². The number of rotatable bonds is 5. The van der Waals surface area contributed by atoms with E-state index < -0.39 is 0 Å². The van der Waals surface area contributed by atoms with Gasteiger partial charge < -0.3 is 4.90 Å². The van der Waals surface area contributed by atoms with Gasteiger partial charge >= 0.3 is 0 Å². The normalized spacial score (nSPS) is 19.7. The van der Waals surface area contributed by atoms with E-state index in [1.54, 1.807) is 0 Å². The van der Waals surface area contributed by atoms with Crippen molar-refractivity contribution in [2.45, 2.75) is 71.6 Å². The third-order valence-electron chi connectivity index (χ3n) is 5.96. The van der Waals surface area contributed by atoms with Crippen LogP contribution in [0.4, 0.5) is 5.69 Å². The van der Waals surface area contributed by atoms with Gasteiger partial charge in [0, 0.05) is 44.8 Å². The summed E-state index contributed by atoms with van der Waals surface area (Å²) in [4.78, 5) is 5.37. The third kappa shape index (κ3) is 5.07. The molecule has 1 aliphatic heterocycles. The van der Waals surface area contributed by atoms with Crippen LogP contribution in [0.15, 0.2) is 18.2 Å². The molecule has 2 nitrogen and oxygen atoms in total. The molecule has 0 aromatic heterocycles. The Morgan fingerprint density at radius 2 is 1.52 bits per heavy atom. The fraction of sp³-hybridized carbons (Fsp3) is 0.727. The van der Waals surface area contributed by atoms with Crippen molar-refractivity contribution in [3.63, 3.8) is 0 Å². The van der Waals surface area contributed by atoms with E-state index in [0.717, 1.165) is 12.6 Å². The fourth-order valence-corrected chi connectivity index (χ4v) is 4.59. The van der Waals surface area contributed by atoms with E-state index in [-0.39, 0.29) is 19.5 Å². The summed E-state index contributed by atoms with van der Waals surface area (Å²) >= 11 is 0. The summed E-state index contributed by atoms with van der Waals surface area (Å²) in [5, 5.41) is 0. The van der Waals surface area contributed by atoms with E-state index in [4.69, 9.17) is 0 Å². The van der Waals surface area contributed by atoms with Gasteiger partial charge in [-0.05, 0) is 41.7 Å². The maximum atomic E-state index is 2.71. The first kappa shape index (κ1) is 20.9.